The van der Waals surface area contributed by atoms with Crippen molar-refractivity contribution in [3.8, 4) is 5.75 Å². The van der Waals surface area contributed by atoms with E-state index in [1.165, 1.54) is 17.7 Å². The number of benzene rings is 3. The molecule has 0 aromatic heterocycles. The van der Waals surface area contributed by atoms with Gasteiger partial charge in [0.2, 0.25) is 0 Å². The Bertz CT molecular complexity index is 892. The van der Waals surface area contributed by atoms with Crippen LogP contribution in [0.25, 0.3) is 0 Å². The highest BCUT2D eigenvalue weighted by Crippen LogP contribution is 2.50. The van der Waals surface area contributed by atoms with Gasteiger partial charge in [-0.3, -0.25) is 0 Å². The van der Waals surface area contributed by atoms with Gasteiger partial charge < -0.3 is 10.4 Å². The molecule has 25 heavy (non-hydrogen) atoms. The van der Waals surface area contributed by atoms with Gasteiger partial charge >= 0.3 is 0 Å². The fourth-order valence-corrected chi connectivity index (χ4v) is 3.87. The van der Waals surface area contributed by atoms with Gasteiger partial charge in [0.05, 0.1) is 11.7 Å². The predicted octanol–water partition coefficient (Wildman–Crippen LogP) is 5.39. The van der Waals surface area contributed by atoms with E-state index in [1.54, 1.807) is 6.07 Å². The molecule has 4 rings (SSSR count). The lowest BCUT2D eigenvalue weighted by molar-refractivity contribution is 0.438. The summed E-state index contributed by atoms with van der Waals surface area (Å²) in [4.78, 5) is 0. The standard InChI is InChI=1S/C22H20FNO/c1-22(16-10-12-17(23)13-11-16)14-19(15-6-3-2-4-7-15)24-21-18(22)8-5-9-20(21)25/h2-13,19,24-25H,14H2,1H3/t19-,22-/m0/s1. The first-order chi connectivity index (χ1) is 12.1. The zero-order chi connectivity index (χ0) is 17.4. The molecule has 3 heteroatoms. The molecule has 1 aliphatic heterocycles. The molecule has 2 atom stereocenters. The fourth-order valence-electron chi connectivity index (χ4n) is 3.87. The number of hydrogen-bond donors (Lipinski definition) is 2. The van der Waals surface area contributed by atoms with Crippen LogP contribution < -0.4 is 5.32 Å². The van der Waals surface area contributed by atoms with Crippen LogP contribution in [0.1, 0.15) is 36.1 Å². The Labute approximate surface area is 147 Å². The van der Waals surface area contributed by atoms with Gasteiger partial charge in [-0.2, -0.15) is 0 Å². The number of phenols is 1. The second-order valence-electron chi connectivity index (χ2n) is 6.85. The third kappa shape index (κ3) is 2.66. The van der Waals surface area contributed by atoms with Gasteiger partial charge in [0.25, 0.3) is 0 Å². The third-order valence-corrected chi connectivity index (χ3v) is 5.25. The summed E-state index contributed by atoms with van der Waals surface area (Å²) < 4.78 is 13.4. The molecule has 1 heterocycles. The molecule has 0 spiro atoms. The van der Waals surface area contributed by atoms with E-state index in [0.717, 1.165) is 23.2 Å². The zero-order valence-electron chi connectivity index (χ0n) is 14.0. The minimum atomic E-state index is -0.326. The summed E-state index contributed by atoms with van der Waals surface area (Å²) in [5.74, 6) is 0.00324. The molecular formula is C22H20FNO. The van der Waals surface area contributed by atoms with E-state index in [2.05, 4.69) is 24.4 Å². The summed E-state index contributed by atoms with van der Waals surface area (Å²) in [7, 11) is 0. The Kier molecular flexibility index (Phi) is 3.72. The van der Waals surface area contributed by atoms with Gasteiger partial charge in [-0.25, -0.2) is 4.39 Å². The third-order valence-electron chi connectivity index (χ3n) is 5.25. The first kappa shape index (κ1) is 15.7. The molecule has 3 aromatic carbocycles. The minimum absolute atomic E-state index is 0.0667. The van der Waals surface area contributed by atoms with Crippen LogP contribution in [0.2, 0.25) is 0 Å². The van der Waals surface area contributed by atoms with Crippen LogP contribution in [-0.2, 0) is 5.41 Å². The zero-order valence-corrected chi connectivity index (χ0v) is 14.0. The first-order valence-corrected chi connectivity index (χ1v) is 8.48. The van der Waals surface area contributed by atoms with Gasteiger partial charge in [-0.1, -0.05) is 61.5 Å². The number of aromatic hydroxyl groups is 1. The lowest BCUT2D eigenvalue weighted by atomic mass is 9.68. The number of halogens is 1. The van der Waals surface area contributed by atoms with E-state index in [-0.39, 0.29) is 23.0 Å². The molecule has 0 aliphatic carbocycles. The Morgan fingerprint density at radius 1 is 0.960 bits per heavy atom. The summed E-state index contributed by atoms with van der Waals surface area (Å²) in [6.07, 6.45) is 0.819. The smallest absolute Gasteiger partial charge is 0.139 e. The molecule has 2 nitrogen and oxygen atoms in total. The number of phenolic OH excluding ortho intramolecular Hbond substituents is 1. The van der Waals surface area contributed by atoms with E-state index in [9.17, 15) is 9.50 Å². The number of rotatable bonds is 2. The average Bonchev–Trinajstić information content (AvgIpc) is 2.64. The maximum absolute atomic E-state index is 13.4. The van der Waals surface area contributed by atoms with Crippen LogP contribution in [0.4, 0.5) is 10.1 Å². The van der Waals surface area contributed by atoms with Crippen molar-refractivity contribution in [1.29, 1.82) is 0 Å². The van der Waals surface area contributed by atoms with Crippen LogP contribution in [0.15, 0.2) is 72.8 Å². The van der Waals surface area contributed by atoms with Crippen molar-refractivity contribution in [3.05, 3.63) is 95.3 Å². The monoisotopic (exact) mass is 333 g/mol. The van der Waals surface area contributed by atoms with Crippen molar-refractivity contribution in [2.45, 2.75) is 24.8 Å². The highest BCUT2D eigenvalue weighted by atomic mass is 19.1. The maximum atomic E-state index is 13.4. The molecule has 0 bridgehead atoms. The summed E-state index contributed by atoms with van der Waals surface area (Å²) in [6, 6.07) is 22.6. The molecule has 0 radical (unpaired) electrons. The molecule has 3 aromatic rings. The van der Waals surface area contributed by atoms with Gasteiger partial charge in [0.1, 0.15) is 11.6 Å². The highest BCUT2D eigenvalue weighted by Gasteiger charge is 2.39. The van der Waals surface area contributed by atoms with E-state index >= 15 is 0 Å². The molecule has 0 amide bonds. The summed E-state index contributed by atoms with van der Waals surface area (Å²) in [5, 5.41) is 13.9. The fraction of sp³-hybridized carbons (Fsp3) is 0.182. The van der Waals surface area contributed by atoms with Crippen molar-refractivity contribution in [1.82, 2.24) is 0 Å². The second-order valence-corrected chi connectivity index (χ2v) is 6.85. The average molecular weight is 333 g/mol. The summed E-state index contributed by atoms with van der Waals surface area (Å²) >= 11 is 0. The Balaban J connectivity index is 1.88. The van der Waals surface area contributed by atoms with Gasteiger partial charge in [0, 0.05) is 5.41 Å². The van der Waals surface area contributed by atoms with Crippen LogP contribution in [0.5, 0.6) is 5.75 Å². The normalized spacial score (nSPS) is 22.1. The quantitative estimate of drug-likeness (QED) is 0.616. The minimum Gasteiger partial charge on any atom is -0.506 e. The van der Waals surface area contributed by atoms with Crippen LogP contribution >= 0.6 is 0 Å². The summed E-state index contributed by atoms with van der Waals surface area (Å²) in [5.41, 5.74) is 3.68. The largest absolute Gasteiger partial charge is 0.506 e. The Hall–Kier alpha value is -2.81. The van der Waals surface area contributed by atoms with Gasteiger partial charge in [-0.15, -0.1) is 0 Å². The molecule has 0 unspecified atom stereocenters. The molecule has 2 N–H and O–H groups in total. The number of anilines is 1. The molecular weight excluding hydrogens is 313 g/mol. The van der Waals surface area contributed by atoms with Crippen molar-refractivity contribution < 1.29 is 9.50 Å². The SMILES string of the molecule is C[C@@]1(c2ccc(F)cc2)C[C@@H](c2ccccc2)Nc2c(O)cccc21. The topological polar surface area (TPSA) is 32.3 Å². The number of fused-ring (bicyclic) bond motifs is 1. The second kappa shape index (κ2) is 5.92. The van der Waals surface area contributed by atoms with E-state index in [4.69, 9.17) is 0 Å². The van der Waals surface area contributed by atoms with Crippen molar-refractivity contribution in [3.63, 3.8) is 0 Å². The number of para-hydroxylation sites is 1. The first-order valence-electron chi connectivity index (χ1n) is 8.48. The molecule has 0 saturated heterocycles. The molecule has 0 fully saturated rings. The van der Waals surface area contributed by atoms with E-state index in [1.807, 2.05) is 42.5 Å². The van der Waals surface area contributed by atoms with E-state index in [0.29, 0.717) is 0 Å². The van der Waals surface area contributed by atoms with Crippen LogP contribution in [0, 0.1) is 5.82 Å². The van der Waals surface area contributed by atoms with Gasteiger partial charge in [-0.05, 0) is 41.3 Å². The molecule has 126 valence electrons. The molecule has 1 aliphatic rings. The van der Waals surface area contributed by atoms with Crippen LogP contribution in [0.3, 0.4) is 0 Å². The number of nitrogens with one attached hydrogen (secondary N) is 1. The molecule has 0 saturated carbocycles. The summed E-state index contributed by atoms with van der Waals surface area (Å²) in [6.45, 7) is 2.16. The maximum Gasteiger partial charge on any atom is 0.139 e. The predicted molar refractivity (Wildman–Crippen MR) is 98.4 cm³/mol. The van der Waals surface area contributed by atoms with E-state index < -0.39 is 0 Å². The lowest BCUT2D eigenvalue weighted by Gasteiger charge is -2.42. The highest BCUT2D eigenvalue weighted by molar-refractivity contribution is 5.68. The van der Waals surface area contributed by atoms with Crippen molar-refractivity contribution in [2.75, 3.05) is 5.32 Å². The Morgan fingerprint density at radius 3 is 2.40 bits per heavy atom. The van der Waals surface area contributed by atoms with Crippen molar-refractivity contribution >= 4 is 5.69 Å². The lowest BCUT2D eigenvalue weighted by Crippen LogP contribution is -2.34. The number of hydrogen-bond acceptors (Lipinski definition) is 2. The van der Waals surface area contributed by atoms with Gasteiger partial charge in [0.15, 0.2) is 0 Å². The van der Waals surface area contributed by atoms with Crippen LogP contribution in [-0.4, -0.2) is 5.11 Å². The Morgan fingerprint density at radius 2 is 1.68 bits per heavy atom. The van der Waals surface area contributed by atoms with Crippen molar-refractivity contribution in [2.24, 2.45) is 0 Å².